The monoisotopic (exact) mass is 436 g/mol. The van der Waals surface area contributed by atoms with Gasteiger partial charge in [-0.1, -0.05) is 19.3 Å². The molecule has 1 atom stereocenters. The highest BCUT2D eigenvalue weighted by Crippen LogP contribution is 2.37. The van der Waals surface area contributed by atoms with Crippen molar-refractivity contribution < 1.29 is 35.9 Å². The van der Waals surface area contributed by atoms with E-state index in [9.17, 15) is 35.9 Å². The summed E-state index contributed by atoms with van der Waals surface area (Å²) in [5, 5.41) is 2.91. The van der Waals surface area contributed by atoms with Gasteiger partial charge in [-0.3, -0.25) is 9.59 Å². The standard InChI is InChI=1S/C20H22F6N2O2/c21-19(22,23)14-6-12(7-15(9-14)20(24,25)26)10-28-11-13(8-17(28)29)18(30)27-16-4-2-1-3-5-16/h6-7,9,13,16H,1-5,8,10-11H2,(H,27,30)/t13-/m1/s1. The normalized spacial score (nSPS) is 21.2. The van der Waals surface area contributed by atoms with Gasteiger partial charge in [-0.2, -0.15) is 26.3 Å². The van der Waals surface area contributed by atoms with Crippen molar-refractivity contribution in [2.45, 2.75) is 63.5 Å². The highest BCUT2D eigenvalue weighted by Gasteiger charge is 2.38. The Labute approximate surface area is 169 Å². The van der Waals surface area contributed by atoms with Crippen molar-refractivity contribution in [3.63, 3.8) is 0 Å². The summed E-state index contributed by atoms with van der Waals surface area (Å²) in [6, 6.07) is 1.32. The number of likely N-dealkylation sites (tertiary alicyclic amines) is 1. The maximum Gasteiger partial charge on any atom is 0.416 e. The number of nitrogens with one attached hydrogen (secondary N) is 1. The molecule has 0 unspecified atom stereocenters. The minimum atomic E-state index is -4.95. The van der Waals surface area contributed by atoms with Crippen LogP contribution >= 0.6 is 0 Å². The fourth-order valence-electron chi connectivity index (χ4n) is 4.00. The Morgan fingerprint density at radius 1 is 0.967 bits per heavy atom. The van der Waals surface area contributed by atoms with Crippen LogP contribution in [0.1, 0.15) is 55.2 Å². The molecule has 1 heterocycles. The average molecular weight is 436 g/mol. The van der Waals surface area contributed by atoms with Crippen LogP contribution in [-0.4, -0.2) is 29.3 Å². The third-order valence-electron chi connectivity index (χ3n) is 5.56. The number of carbonyl (C=O) groups is 2. The Hall–Kier alpha value is -2.26. The maximum absolute atomic E-state index is 13.0. The molecule has 0 spiro atoms. The molecule has 1 aromatic carbocycles. The molecule has 10 heteroatoms. The zero-order valence-corrected chi connectivity index (χ0v) is 16.1. The van der Waals surface area contributed by atoms with Crippen molar-refractivity contribution in [2.75, 3.05) is 6.54 Å². The SMILES string of the molecule is O=C(NC1CCCCC1)[C@@H]1CC(=O)N(Cc2cc(C(F)(F)F)cc(C(F)(F)F)c2)C1. The molecule has 1 aromatic rings. The first-order valence-corrected chi connectivity index (χ1v) is 9.80. The van der Waals surface area contributed by atoms with Crippen LogP contribution in [0.4, 0.5) is 26.3 Å². The molecular weight excluding hydrogens is 414 g/mol. The highest BCUT2D eigenvalue weighted by molar-refractivity contribution is 5.89. The quantitative estimate of drug-likeness (QED) is 0.706. The number of alkyl halides is 6. The second-order valence-corrected chi connectivity index (χ2v) is 7.93. The Bertz CT molecular complexity index is 767. The Morgan fingerprint density at radius 2 is 1.53 bits per heavy atom. The average Bonchev–Trinajstić information content (AvgIpc) is 3.01. The minimum Gasteiger partial charge on any atom is -0.353 e. The number of nitrogens with zero attached hydrogens (tertiary/aromatic N) is 1. The van der Waals surface area contributed by atoms with Gasteiger partial charge in [0, 0.05) is 25.6 Å². The van der Waals surface area contributed by atoms with E-state index in [1.165, 1.54) is 0 Å². The van der Waals surface area contributed by atoms with Crippen LogP contribution in [0, 0.1) is 5.92 Å². The second kappa shape index (κ2) is 8.47. The van der Waals surface area contributed by atoms with Gasteiger partial charge in [-0.15, -0.1) is 0 Å². The van der Waals surface area contributed by atoms with Crippen LogP contribution in [0.5, 0.6) is 0 Å². The predicted molar refractivity (Wildman–Crippen MR) is 95.0 cm³/mol. The van der Waals surface area contributed by atoms with E-state index in [4.69, 9.17) is 0 Å². The molecular formula is C20H22F6N2O2. The summed E-state index contributed by atoms with van der Waals surface area (Å²) in [6.45, 7) is -0.450. The number of rotatable bonds is 4. The fraction of sp³-hybridized carbons (Fsp3) is 0.600. The predicted octanol–water partition coefficient (Wildman–Crippen LogP) is 4.52. The van der Waals surface area contributed by atoms with Gasteiger partial charge in [-0.05, 0) is 36.6 Å². The molecule has 0 radical (unpaired) electrons. The van der Waals surface area contributed by atoms with Crippen LogP contribution in [0.25, 0.3) is 0 Å². The molecule has 166 valence electrons. The minimum absolute atomic E-state index is 0.0328. The van der Waals surface area contributed by atoms with E-state index >= 15 is 0 Å². The van der Waals surface area contributed by atoms with Crippen molar-refractivity contribution >= 4 is 11.8 Å². The van der Waals surface area contributed by atoms with Gasteiger partial charge < -0.3 is 10.2 Å². The van der Waals surface area contributed by atoms with Gasteiger partial charge in [0.2, 0.25) is 11.8 Å². The summed E-state index contributed by atoms with van der Waals surface area (Å²) in [5.41, 5.74) is -3.13. The number of carbonyl (C=O) groups excluding carboxylic acids is 2. The van der Waals surface area contributed by atoms with Crippen molar-refractivity contribution in [3.8, 4) is 0 Å². The molecule has 30 heavy (non-hydrogen) atoms. The number of halogens is 6. The Morgan fingerprint density at radius 3 is 2.07 bits per heavy atom. The first-order valence-electron chi connectivity index (χ1n) is 9.80. The molecule has 0 aromatic heterocycles. The first-order chi connectivity index (χ1) is 13.9. The number of hydrogen-bond donors (Lipinski definition) is 1. The van der Waals surface area contributed by atoms with Crippen molar-refractivity contribution in [1.29, 1.82) is 0 Å². The Balaban J connectivity index is 1.71. The van der Waals surface area contributed by atoms with Gasteiger partial charge in [0.15, 0.2) is 0 Å². The third-order valence-corrected chi connectivity index (χ3v) is 5.56. The van der Waals surface area contributed by atoms with E-state index in [1.54, 1.807) is 0 Å². The lowest BCUT2D eigenvalue weighted by Gasteiger charge is -2.24. The lowest BCUT2D eigenvalue weighted by molar-refractivity contribution is -0.143. The van der Waals surface area contributed by atoms with Gasteiger partial charge in [0.1, 0.15) is 0 Å². The van der Waals surface area contributed by atoms with Crippen molar-refractivity contribution in [3.05, 3.63) is 34.9 Å². The first kappa shape index (κ1) is 22.4. The topological polar surface area (TPSA) is 49.4 Å². The van der Waals surface area contributed by atoms with Crippen LogP contribution in [0.2, 0.25) is 0 Å². The zero-order valence-electron chi connectivity index (χ0n) is 16.1. The van der Waals surface area contributed by atoms with E-state index in [0.717, 1.165) is 37.0 Å². The molecule has 2 fully saturated rings. The molecule has 1 saturated carbocycles. The van der Waals surface area contributed by atoms with Gasteiger partial charge in [0.25, 0.3) is 0 Å². The third kappa shape index (κ3) is 5.46. The maximum atomic E-state index is 13.0. The van der Waals surface area contributed by atoms with Gasteiger partial charge >= 0.3 is 12.4 Å². The summed E-state index contributed by atoms with van der Waals surface area (Å²) in [7, 11) is 0. The molecule has 1 N–H and O–H groups in total. The number of benzene rings is 1. The van der Waals surface area contributed by atoms with E-state index in [-0.39, 0.29) is 36.5 Å². The van der Waals surface area contributed by atoms with E-state index < -0.39 is 41.8 Å². The summed E-state index contributed by atoms with van der Waals surface area (Å²) in [4.78, 5) is 25.8. The van der Waals surface area contributed by atoms with E-state index in [2.05, 4.69) is 5.32 Å². The Kier molecular flexibility index (Phi) is 6.33. The van der Waals surface area contributed by atoms with E-state index in [1.807, 2.05) is 0 Å². The fourth-order valence-corrected chi connectivity index (χ4v) is 4.00. The lowest BCUT2D eigenvalue weighted by atomic mass is 9.95. The van der Waals surface area contributed by atoms with Crippen LogP contribution in [0.3, 0.4) is 0 Å². The molecule has 0 bridgehead atoms. The molecule has 2 aliphatic rings. The molecule has 1 aliphatic carbocycles. The van der Waals surface area contributed by atoms with Crippen LogP contribution in [0.15, 0.2) is 18.2 Å². The van der Waals surface area contributed by atoms with Gasteiger partial charge in [-0.25, -0.2) is 0 Å². The smallest absolute Gasteiger partial charge is 0.353 e. The summed E-state index contributed by atoms with van der Waals surface area (Å²) in [5.74, 6) is -1.42. The number of hydrogen-bond acceptors (Lipinski definition) is 2. The second-order valence-electron chi connectivity index (χ2n) is 7.93. The summed E-state index contributed by atoms with van der Waals surface area (Å²) >= 11 is 0. The van der Waals surface area contributed by atoms with Crippen LogP contribution in [-0.2, 0) is 28.5 Å². The highest BCUT2D eigenvalue weighted by atomic mass is 19.4. The largest absolute Gasteiger partial charge is 0.416 e. The zero-order chi connectivity index (χ0) is 22.1. The molecule has 3 rings (SSSR count). The summed E-state index contributed by atoms with van der Waals surface area (Å²) in [6.07, 6.45) is -5.15. The molecule has 1 aliphatic heterocycles. The lowest BCUT2D eigenvalue weighted by Crippen LogP contribution is -2.40. The van der Waals surface area contributed by atoms with Gasteiger partial charge in [0.05, 0.1) is 17.0 Å². The number of amides is 2. The van der Waals surface area contributed by atoms with Crippen LogP contribution < -0.4 is 5.32 Å². The molecule has 2 amide bonds. The van der Waals surface area contributed by atoms with Crippen molar-refractivity contribution in [2.24, 2.45) is 5.92 Å². The molecule has 1 saturated heterocycles. The summed E-state index contributed by atoms with van der Waals surface area (Å²) < 4.78 is 78.1. The van der Waals surface area contributed by atoms with E-state index in [0.29, 0.717) is 12.1 Å². The van der Waals surface area contributed by atoms with Crippen molar-refractivity contribution in [1.82, 2.24) is 10.2 Å². The molecule has 4 nitrogen and oxygen atoms in total.